The smallest absolute Gasteiger partial charge is 0.252 e. The highest BCUT2D eigenvalue weighted by atomic mass is 35.5. The lowest BCUT2D eigenvalue weighted by Crippen LogP contribution is -2.37. The lowest BCUT2D eigenvalue weighted by Gasteiger charge is -2.15. The predicted octanol–water partition coefficient (Wildman–Crippen LogP) is 2.21. The van der Waals surface area contributed by atoms with Crippen molar-refractivity contribution in [1.29, 1.82) is 5.26 Å². The van der Waals surface area contributed by atoms with Gasteiger partial charge in [0.05, 0.1) is 22.5 Å². The van der Waals surface area contributed by atoms with E-state index in [2.05, 4.69) is 5.32 Å². The number of amides is 1. The van der Waals surface area contributed by atoms with Gasteiger partial charge in [0.2, 0.25) is 5.91 Å². The quantitative estimate of drug-likeness (QED) is 0.827. The van der Waals surface area contributed by atoms with Gasteiger partial charge in [0.25, 0.3) is 10.0 Å². The monoisotopic (exact) mass is 383 g/mol. The average Bonchev–Trinajstić information content (AvgIpc) is 3.00. The standard InChI is InChI=1S/C15H14ClN3O3S2/c1-19(24(21,22)15-6-5-13(16)23-15)10-14(20)18-9-12-4-2-3-11(7-12)8-17/h2-7H,9-10H2,1H3,(H,18,20). The maximum Gasteiger partial charge on any atom is 0.252 e. The SMILES string of the molecule is CN(CC(=O)NCc1cccc(C#N)c1)S(=O)(=O)c1ccc(Cl)s1. The summed E-state index contributed by atoms with van der Waals surface area (Å²) in [5.74, 6) is -0.439. The first-order valence-corrected chi connectivity index (χ1v) is 9.44. The second-order valence-electron chi connectivity index (χ2n) is 4.91. The zero-order valence-corrected chi connectivity index (χ0v) is 15.1. The van der Waals surface area contributed by atoms with Gasteiger partial charge in [-0.2, -0.15) is 9.57 Å². The summed E-state index contributed by atoms with van der Waals surface area (Å²) in [5, 5.41) is 11.5. The van der Waals surface area contributed by atoms with E-state index in [9.17, 15) is 13.2 Å². The molecule has 0 unspecified atom stereocenters. The summed E-state index contributed by atoms with van der Waals surface area (Å²) in [7, 11) is -2.41. The first kappa shape index (κ1) is 18.4. The van der Waals surface area contributed by atoms with E-state index in [4.69, 9.17) is 16.9 Å². The van der Waals surface area contributed by atoms with Crippen molar-refractivity contribution in [2.75, 3.05) is 13.6 Å². The summed E-state index contributed by atoms with van der Waals surface area (Å²) in [5.41, 5.74) is 1.26. The van der Waals surface area contributed by atoms with Gasteiger partial charge in [-0.15, -0.1) is 11.3 Å². The molecule has 0 spiro atoms. The number of carbonyl (C=O) groups excluding carboxylic acids is 1. The Hall–Kier alpha value is -1.92. The summed E-state index contributed by atoms with van der Waals surface area (Å²) < 4.78 is 26.0. The second-order valence-corrected chi connectivity index (χ2v) is 8.90. The molecule has 1 aromatic heterocycles. The van der Waals surface area contributed by atoms with E-state index >= 15 is 0 Å². The van der Waals surface area contributed by atoms with Gasteiger partial charge in [-0.25, -0.2) is 8.42 Å². The van der Waals surface area contributed by atoms with Gasteiger partial charge < -0.3 is 5.32 Å². The molecule has 1 aromatic carbocycles. The normalized spacial score (nSPS) is 11.2. The number of halogens is 1. The zero-order chi connectivity index (χ0) is 17.7. The molecular formula is C15H14ClN3O3S2. The Balaban J connectivity index is 1.95. The number of rotatable bonds is 6. The van der Waals surface area contributed by atoms with Crippen LogP contribution in [-0.4, -0.2) is 32.2 Å². The number of nitrogens with one attached hydrogen (secondary N) is 1. The highest BCUT2D eigenvalue weighted by Gasteiger charge is 2.24. The lowest BCUT2D eigenvalue weighted by atomic mass is 10.1. The Kier molecular flexibility index (Phi) is 5.96. The molecule has 126 valence electrons. The first-order chi connectivity index (χ1) is 11.3. The number of hydrogen-bond acceptors (Lipinski definition) is 5. The van der Waals surface area contributed by atoms with Crippen LogP contribution < -0.4 is 5.32 Å². The maximum absolute atomic E-state index is 12.3. The molecule has 0 bridgehead atoms. The summed E-state index contributed by atoms with van der Waals surface area (Å²) in [6.45, 7) is -0.0944. The Morgan fingerprint density at radius 2 is 2.12 bits per heavy atom. The van der Waals surface area contributed by atoms with E-state index in [-0.39, 0.29) is 17.3 Å². The summed E-state index contributed by atoms with van der Waals surface area (Å²) in [4.78, 5) is 12.0. The van der Waals surface area contributed by atoms with E-state index in [0.717, 1.165) is 21.2 Å². The van der Waals surface area contributed by atoms with Gasteiger partial charge >= 0.3 is 0 Å². The molecule has 0 atom stereocenters. The lowest BCUT2D eigenvalue weighted by molar-refractivity contribution is -0.121. The zero-order valence-electron chi connectivity index (χ0n) is 12.7. The molecule has 2 aromatic rings. The van der Waals surface area contributed by atoms with Crippen LogP contribution in [0.1, 0.15) is 11.1 Å². The molecule has 0 aliphatic rings. The highest BCUT2D eigenvalue weighted by Crippen LogP contribution is 2.27. The number of carbonyl (C=O) groups is 1. The summed E-state index contributed by atoms with van der Waals surface area (Å²) in [6, 6.07) is 11.7. The third-order valence-electron chi connectivity index (χ3n) is 3.13. The van der Waals surface area contributed by atoms with Gasteiger partial charge in [0.1, 0.15) is 4.21 Å². The molecule has 2 rings (SSSR count). The van der Waals surface area contributed by atoms with Crippen molar-refractivity contribution in [2.24, 2.45) is 0 Å². The largest absolute Gasteiger partial charge is 0.351 e. The Morgan fingerprint density at radius 1 is 1.38 bits per heavy atom. The minimum atomic E-state index is -3.74. The van der Waals surface area contributed by atoms with Crippen LogP contribution in [0.15, 0.2) is 40.6 Å². The third kappa shape index (κ3) is 4.55. The fourth-order valence-electron chi connectivity index (χ4n) is 1.88. The van der Waals surface area contributed by atoms with E-state index in [1.165, 1.54) is 19.2 Å². The Bertz CT molecular complexity index is 887. The topological polar surface area (TPSA) is 90.3 Å². The van der Waals surface area contributed by atoms with Gasteiger partial charge in [-0.1, -0.05) is 23.7 Å². The molecule has 0 aliphatic carbocycles. The van der Waals surface area contributed by atoms with E-state index < -0.39 is 15.9 Å². The highest BCUT2D eigenvalue weighted by molar-refractivity contribution is 7.91. The molecule has 1 heterocycles. The molecule has 0 radical (unpaired) electrons. The van der Waals surface area contributed by atoms with Gasteiger partial charge in [-0.05, 0) is 29.8 Å². The maximum atomic E-state index is 12.3. The van der Waals surface area contributed by atoms with Crippen molar-refractivity contribution in [3.05, 3.63) is 51.9 Å². The number of benzene rings is 1. The fraction of sp³-hybridized carbons (Fsp3) is 0.200. The van der Waals surface area contributed by atoms with Crippen molar-refractivity contribution >= 4 is 38.9 Å². The van der Waals surface area contributed by atoms with Crippen molar-refractivity contribution in [3.63, 3.8) is 0 Å². The van der Waals surface area contributed by atoms with Crippen LogP contribution in [-0.2, 0) is 21.4 Å². The number of thiophene rings is 1. The van der Waals surface area contributed by atoms with Crippen molar-refractivity contribution in [2.45, 2.75) is 10.8 Å². The molecule has 1 amide bonds. The van der Waals surface area contributed by atoms with Crippen molar-refractivity contribution < 1.29 is 13.2 Å². The minimum Gasteiger partial charge on any atom is -0.351 e. The molecule has 1 N–H and O–H groups in total. The van der Waals surface area contributed by atoms with Crippen LogP contribution in [0.25, 0.3) is 0 Å². The summed E-state index contributed by atoms with van der Waals surface area (Å²) >= 11 is 6.69. The van der Waals surface area contributed by atoms with Crippen LogP contribution >= 0.6 is 22.9 Å². The molecule has 6 nitrogen and oxygen atoms in total. The Morgan fingerprint density at radius 3 is 2.75 bits per heavy atom. The second kappa shape index (κ2) is 7.77. The number of likely N-dealkylation sites (N-methyl/N-ethyl adjacent to an activating group) is 1. The molecule has 0 aliphatic heterocycles. The molecular weight excluding hydrogens is 370 g/mol. The number of sulfonamides is 1. The van der Waals surface area contributed by atoms with Crippen LogP contribution in [0.4, 0.5) is 0 Å². The molecule has 0 saturated heterocycles. The third-order valence-corrected chi connectivity index (χ3v) is 6.63. The van der Waals surface area contributed by atoms with E-state index in [1.54, 1.807) is 24.3 Å². The fourth-order valence-corrected chi connectivity index (χ4v) is 4.71. The molecule has 24 heavy (non-hydrogen) atoms. The van der Waals surface area contributed by atoms with Gasteiger partial charge in [0, 0.05) is 13.6 Å². The van der Waals surface area contributed by atoms with Crippen molar-refractivity contribution in [3.8, 4) is 6.07 Å². The minimum absolute atomic E-state index is 0.0875. The van der Waals surface area contributed by atoms with E-state index in [1.807, 2.05) is 6.07 Å². The molecule has 9 heteroatoms. The molecule has 0 saturated carbocycles. The first-order valence-electron chi connectivity index (χ1n) is 6.80. The number of nitrogens with zero attached hydrogens (tertiary/aromatic N) is 2. The van der Waals surface area contributed by atoms with Crippen LogP contribution in [0, 0.1) is 11.3 Å². The van der Waals surface area contributed by atoms with Crippen LogP contribution in [0.5, 0.6) is 0 Å². The van der Waals surface area contributed by atoms with Gasteiger partial charge in [-0.3, -0.25) is 4.79 Å². The summed E-state index contributed by atoms with van der Waals surface area (Å²) in [6.07, 6.45) is 0. The van der Waals surface area contributed by atoms with E-state index in [0.29, 0.717) is 9.90 Å². The molecule has 0 fully saturated rings. The van der Waals surface area contributed by atoms with Crippen LogP contribution in [0.2, 0.25) is 4.34 Å². The number of hydrogen-bond donors (Lipinski definition) is 1. The number of nitriles is 1. The Labute approximate surface area is 149 Å². The average molecular weight is 384 g/mol. The predicted molar refractivity (Wildman–Crippen MR) is 92.1 cm³/mol. The van der Waals surface area contributed by atoms with Crippen molar-refractivity contribution in [1.82, 2.24) is 9.62 Å². The van der Waals surface area contributed by atoms with Gasteiger partial charge in [0.15, 0.2) is 0 Å². The van der Waals surface area contributed by atoms with Crippen LogP contribution in [0.3, 0.4) is 0 Å².